The van der Waals surface area contributed by atoms with Crippen LogP contribution in [0.3, 0.4) is 0 Å². The van der Waals surface area contributed by atoms with Crippen LogP contribution in [0.4, 0.5) is 0 Å². The summed E-state index contributed by atoms with van der Waals surface area (Å²) in [6.07, 6.45) is 6.97. The lowest BCUT2D eigenvalue weighted by molar-refractivity contribution is 0.280. The Balaban J connectivity index is 1.93. The number of ether oxygens (including phenoxy) is 1. The van der Waals surface area contributed by atoms with Gasteiger partial charge in [-0.3, -0.25) is 0 Å². The third-order valence-electron chi connectivity index (χ3n) is 4.25. The second-order valence-corrected chi connectivity index (χ2v) is 7.37. The van der Waals surface area contributed by atoms with Gasteiger partial charge in [0.05, 0.1) is 16.1 Å². The lowest BCUT2D eigenvalue weighted by atomic mass is 9.84. The summed E-state index contributed by atoms with van der Waals surface area (Å²) < 4.78 is 7.33. The van der Waals surface area contributed by atoms with E-state index in [0.29, 0.717) is 6.04 Å². The van der Waals surface area contributed by atoms with Crippen molar-refractivity contribution >= 4 is 31.9 Å². The molecule has 0 saturated heterocycles. The third kappa shape index (κ3) is 4.22. The molecule has 0 aromatic heterocycles. The molecule has 112 valence electrons. The zero-order chi connectivity index (χ0) is 14.5. The Bertz CT molecular complexity index is 421. The normalized spacial score (nSPS) is 18.0. The number of nitrogens with one attached hydrogen (secondary N) is 1. The first-order valence-corrected chi connectivity index (χ1v) is 8.95. The highest BCUT2D eigenvalue weighted by Crippen LogP contribution is 2.34. The van der Waals surface area contributed by atoms with E-state index in [1.807, 2.05) is 0 Å². The van der Waals surface area contributed by atoms with E-state index < -0.39 is 0 Å². The average molecular weight is 405 g/mol. The Morgan fingerprint density at radius 1 is 1.20 bits per heavy atom. The number of hydrogen-bond donors (Lipinski definition) is 1. The smallest absolute Gasteiger partial charge is 0.147 e. The molecule has 1 saturated carbocycles. The summed E-state index contributed by atoms with van der Waals surface area (Å²) in [6.45, 7) is 3.22. The number of benzene rings is 1. The van der Waals surface area contributed by atoms with E-state index >= 15 is 0 Å². The molecule has 0 bridgehead atoms. The van der Waals surface area contributed by atoms with Crippen LogP contribution in [0.25, 0.3) is 0 Å². The quantitative estimate of drug-likeness (QED) is 0.720. The van der Waals surface area contributed by atoms with Gasteiger partial charge in [-0.25, -0.2) is 0 Å². The molecule has 0 unspecified atom stereocenters. The number of hydrogen-bond acceptors (Lipinski definition) is 2. The summed E-state index contributed by atoms with van der Waals surface area (Å²) in [5, 5.41) is 3.68. The maximum absolute atomic E-state index is 5.34. The summed E-state index contributed by atoms with van der Waals surface area (Å²) in [6, 6.07) is 4.85. The molecule has 1 fully saturated rings. The van der Waals surface area contributed by atoms with Crippen LogP contribution in [0.15, 0.2) is 21.1 Å². The van der Waals surface area contributed by atoms with E-state index in [2.05, 4.69) is 56.2 Å². The van der Waals surface area contributed by atoms with Crippen LogP contribution in [0.1, 0.15) is 44.6 Å². The minimum Gasteiger partial charge on any atom is -0.494 e. The van der Waals surface area contributed by atoms with E-state index in [-0.39, 0.29) is 0 Å². The molecule has 4 heteroatoms. The summed E-state index contributed by atoms with van der Waals surface area (Å²) >= 11 is 7.12. The topological polar surface area (TPSA) is 21.3 Å². The molecule has 0 radical (unpaired) electrons. The molecule has 1 aliphatic carbocycles. The lowest BCUT2D eigenvalue weighted by Gasteiger charge is -2.28. The molecule has 0 amide bonds. The van der Waals surface area contributed by atoms with Crippen LogP contribution in [0.2, 0.25) is 0 Å². The van der Waals surface area contributed by atoms with Gasteiger partial charge in [0.2, 0.25) is 0 Å². The predicted molar refractivity (Wildman–Crippen MR) is 91.3 cm³/mol. The fraction of sp³-hybridized carbons (Fsp3) is 0.625. The monoisotopic (exact) mass is 403 g/mol. The highest BCUT2D eigenvalue weighted by atomic mass is 79.9. The van der Waals surface area contributed by atoms with Crippen molar-refractivity contribution in [2.75, 3.05) is 7.11 Å². The number of halogens is 2. The highest BCUT2D eigenvalue weighted by molar-refractivity contribution is 9.11. The standard InChI is InChI=1S/C16H23Br2NO/c1-11(13-6-4-3-5-7-13)19-10-12-8-14(17)16(20-2)15(18)9-12/h8-9,11,13,19H,3-7,10H2,1-2H3/t11-/m0/s1. The summed E-state index contributed by atoms with van der Waals surface area (Å²) in [5.74, 6) is 1.70. The van der Waals surface area contributed by atoms with E-state index in [9.17, 15) is 0 Å². The molecule has 1 atom stereocenters. The maximum Gasteiger partial charge on any atom is 0.147 e. The van der Waals surface area contributed by atoms with Gasteiger partial charge in [0.1, 0.15) is 5.75 Å². The van der Waals surface area contributed by atoms with Crippen LogP contribution < -0.4 is 10.1 Å². The molecule has 0 spiro atoms. The Morgan fingerprint density at radius 3 is 2.35 bits per heavy atom. The van der Waals surface area contributed by atoms with Crippen LogP contribution >= 0.6 is 31.9 Å². The molecule has 1 N–H and O–H groups in total. The van der Waals surface area contributed by atoms with Gasteiger partial charge < -0.3 is 10.1 Å². The zero-order valence-corrected chi connectivity index (χ0v) is 15.4. The summed E-state index contributed by atoms with van der Waals surface area (Å²) in [5.41, 5.74) is 1.27. The van der Waals surface area contributed by atoms with Crippen LogP contribution in [-0.4, -0.2) is 13.2 Å². The lowest BCUT2D eigenvalue weighted by Crippen LogP contribution is -2.34. The van der Waals surface area contributed by atoms with E-state index in [0.717, 1.165) is 27.2 Å². The molecule has 0 heterocycles. The van der Waals surface area contributed by atoms with Crippen LogP contribution in [0, 0.1) is 5.92 Å². The molecule has 1 aromatic carbocycles. The van der Waals surface area contributed by atoms with Crippen molar-refractivity contribution in [3.63, 3.8) is 0 Å². The number of rotatable bonds is 5. The predicted octanol–water partition coefficient (Wildman–Crippen LogP) is 5.28. The SMILES string of the molecule is COc1c(Br)cc(CN[C@@H](C)C2CCCCC2)cc1Br. The van der Waals surface area contributed by atoms with Gasteiger partial charge in [-0.1, -0.05) is 19.3 Å². The van der Waals surface area contributed by atoms with Crippen LogP contribution in [0.5, 0.6) is 5.75 Å². The Kier molecular flexibility index (Phi) is 6.37. The third-order valence-corrected chi connectivity index (χ3v) is 5.43. The first-order valence-electron chi connectivity index (χ1n) is 7.37. The maximum atomic E-state index is 5.34. The van der Waals surface area contributed by atoms with Gasteiger partial charge >= 0.3 is 0 Å². The second-order valence-electron chi connectivity index (χ2n) is 5.66. The molecule has 2 rings (SSSR count). The van der Waals surface area contributed by atoms with Crippen molar-refractivity contribution in [2.45, 2.75) is 51.6 Å². The molecule has 1 aliphatic rings. The van der Waals surface area contributed by atoms with Crippen molar-refractivity contribution < 1.29 is 4.74 Å². The first-order chi connectivity index (χ1) is 9.61. The van der Waals surface area contributed by atoms with Gasteiger partial charge in [0.15, 0.2) is 0 Å². The van der Waals surface area contributed by atoms with Crippen molar-refractivity contribution in [3.05, 3.63) is 26.6 Å². The van der Waals surface area contributed by atoms with Gasteiger partial charge in [0, 0.05) is 12.6 Å². The summed E-state index contributed by atoms with van der Waals surface area (Å²) in [7, 11) is 1.69. The molecular formula is C16H23Br2NO. The van der Waals surface area contributed by atoms with E-state index in [4.69, 9.17) is 4.74 Å². The largest absolute Gasteiger partial charge is 0.494 e. The van der Waals surface area contributed by atoms with Gasteiger partial charge in [-0.15, -0.1) is 0 Å². The fourth-order valence-corrected chi connectivity index (χ4v) is 4.59. The van der Waals surface area contributed by atoms with Crippen molar-refractivity contribution in [1.29, 1.82) is 0 Å². The minimum absolute atomic E-state index is 0.593. The van der Waals surface area contributed by atoms with E-state index in [1.54, 1.807) is 7.11 Å². The first kappa shape index (κ1) is 16.3. The minimum atomic E-state index is 0.593. The second kappa shape index (κ2) is 7.81. The van der Waals surface area contributed by atoms with Crippen LogP contribution in [-0.2, 0) is 6.54 Å². The van der Waals surface area contributed by atoms with Gasteiger partial charge in [0.25, 0.3) is 0 Å². The molecule has 1 aromatic rings. The fourth-order valence-electron chi connectivity index (χ4n) is 2.99. The zero-order valence-electron chi connectivity index (χ0n) is 12.2. The number of methoxy groups -OCH3 is 1. The van der Waals surface area contributed by atoms with Gasteiger partial charge in [-0.2, -0.15) is 0 Å². The van der Waals surface area contributed by atoms with Crippen molar-refractivity contribution in [1.82, 2.24) is 5.32 Å². The Hall–Kier alpha value is -0.0600. The van der Waals surface area contributed by atoms with Crippen molar-refractivity contribution in [3.8, 4) is 5.75 Å². The Morgan fingerprint density at radius 2 is 1.80 bits per heavy atom. The molecule has 2 nitrogen and oxygen atoms in total. The highest BCUT2D eigenvalue weighted by Gasteiger charge is 2.19. The van der Waals surface area contributed by atoms with E-state index in [1.165, 1.54) is 37.7 Å². The summed E-state index contributed by atoms with van der Waals surface area (Å²) in [4.78, 5) is 0. The molecular weight excluding hydrogens is 382 g/mol. The van der Waals surface area contributed by atoms with Crippen molar-refractivity contribution in [2.24, 2.45) is 5.92 Å². The molecule has 20 heavy (non-hydrogen) atoms. The average Bonchev–Trinajstić information content (AvgIpc) is 2.45. The molecule has 0 aliphatic heterocycles. The Labute approximate surface area is 138 Å². The van der Waals surface area contributed by atoms with Gasteiger partial charge in [-0.05, 0) is 75.2 Å².